The van der Waals surface area contributed by atoms with Crippen molar-refractivity contribution in [2.24, 2.45) is 0 Å². The van der Waals surface area contributed by atoms with Crippen molar-refractivity contribution >= 4 is 11.3 Å². The minimum atomic E-state index is 0.495. The summed E-state index contributed by atoms with van der Waals surface area (Å²) in [5.74, 6) is 0.495. The van der Waals surface area contributed by atoms with Gasteiger partial charge in [0.25, 0.3) is 0 Å². The Labute approximate surface area is 60.5 Å². The van der Waals surface area contributed by atoms with E-state index in [0.717, 1.165) is 5.01 Å². The molecule has 10 heavy (non-hydrogen) atoms. The van der Waals surface area contributed by atoms with Gasteiger partial charge in [0.1, 0.15) is 0 Å². The van der Waals surface area contributed by atoms with Gasteiger partial charge in [0.2, 0.25) is 5.76 Å². The number of aromatic nitrogens is 3. The van der Waals surface area contributed by atoms with Crippen LogP contribution >= 0.6 is 11.3 Å². The van der Waals surface area contributed by atoms with Gasteiger partial charge in [-0.15, -0.1) is 16.4 Å². The van der Waals surface area contributed by atoms with E-state index in [-0.39, 0.29) is 0 Å². The molecule has 49 valence electrons. The van der Waals surface area contributed by atoms with Crippen molar-refractivity contribution in [2.45, 2.75) is 0 Å². The van der Waals surface area contributed by atoms with Crippen molar-refractivity contribution in [3.05, 3.63) is 17.8 Å². The van der Waals surface area contributed by atoms with Crippen LogP contribution in [-0.2, 0) is 0 Å². The molecule has 0 aliphatic carbocycles. The third kappa shape index (κ3) is 0.801. The third-order valence-electron chi connectivity index (χ3n) is 0.951. The molecular weight excluding hydrogens is 150 g/mol. The van der Waals surface area contributed by atoms with E-state index < -0.39 is 0 Å². The lowest BCUT2D eigenvalue weighted by atomic mass is 10.5. The van der Waals surface area contributed by atoms with Gasteiger partial charge in [0, 0.05) is 16.8 Å². The van der Waals surface area contributed by atoms with Crippen LogP contribution in [0.5, 0.6) is 0 Å². The van der Waals surface area contributed by atoms with Crippen molar-refractivity contribution in [1.29, 1.82) is 0 Å². The van der Waals surface area contributed by atoms with E-state index in [1.54, 1.807) is 6.20 Å². The Morgan fingerprint density at radius 1 is 1.60 bits per heavy atom. The lowest BCUT2D eigenvalue weighted by molar-refractivity contribution is 0.403. The maximum absolute atomic E-state index is 4.71. The molecule has 0 N–H and O–H groups in total. The fourth-order valence-electron chi connectivity index (χ4n) is 0.570. The quantitative estimate of drug-likeness (QED) is 0.611. The molecule has 0 unspecified atom stereocenters. The number of nitrogens with zero attached hydrogens (tertiary/aromatic N) is 3. The van der Waals surface area contributed by atoms with Crippen LogP contribution in [0.4, 0.5) is 0 Å². The first-order valence-electron chi connectivity index (χ1n) is 2.57. The van der Waals surface area contributed by atoms with Gasteiger partial charge >= 0.3 is 0 Å². The second-order valence-corrected chi connectivity index (χ2v) is 2.45. The van der Waals surface area contributed by atoms with Crippen LogP contribution in [0.1, 0.15) is 0 Å². The highest BCUT2D eigenvalue weighted by molar-refractivity contribution is 7.13. The maximum Gasteiger partial charge on any atom is 0.225 e. The lowest BCUT2D eigenvalue weighted by Gasteiger charge is -1.78. The van der Waals surface area contributed by atoms with Gasteiger partial charge < -0.3 is 4.52 Å². The van der Waals surface area contributed by atoms with E-state index in [2.05, 4.69) is 21.6 Å². The van der Waals surface area contributed by atoms with Crippen LogP contribution in [0.2, 0.25) is 0 Å². The van der Waals surface area contributed by atoms with Gasteiger partial charge in [-0.3, -0.25) is 0 Å². The summed E-state index contributed by atoms with van der Waals surface area (Å²) in [6.45, 7) is 0. The molecule has 5 heteroatoms. The third-order valence-corrected chi connectivity index (χ3v) is 1.72. The summed E-state index contributed by atoms with van der Waals surface area (Å²) in [5.41, 5.74) is 0. The summed E-state index contributed by atoms with van der Waals surface area (Å²) in [4.78, 5) is 3.97. The van der Waals surface area contributed by atoms with Gasteiger partial charge in [-0.2, -0.15) is 0 Å². The molecule has 0 saturated heterocycles. The average molecular weight is 152 g/mol. The fourth-order valence-corrected chi connectivity index (χ4v) is 1.13. The minimum Gasteiger partial charge on any atom is -0.334 e. The molecule has 2 aromatic heterocycles. The second-order valence-electron chi connectivity index (χ2n) is 1.55. The van der Waals surface area contributed by atoms with Crippen molar-refractivity contribution in [3.63, 3.8) is 0 Å². The molecule has 2 heterocycles. The van der Waals surface area contributed by atoms with Gasteiger partial charge in [-0.05, 0) is 0 Å². The minimum absolute atomic E-state index is 0.495. The monoisotopic (exact) mass is 152 g/mol. The largest absolute Gasteiger partial charge is 0.334 e. The molecule has 0 aliphatic rings. The molecule has 0 bridgehead atoms. The van der Waals surface area contributed by atoms with Crippen LogP contribution in [-0.4, -0.2) is 15.4 Å². The highest BCUT2D eigenvalue weighted by Gasteiger charge is 2.04. The Morgan fingerprint density at radius 3 is 3.20 bits per heavy atom. The highest BCUT2D eigenvalue weighted by Crippen LogP contribution is 2.18. The van der Waals surface area contributed by atoms with Crippen LogP contribution in [0, 0.1) is 6.20 Å². The summed E-state index contributed by atoms with van der Waals surface area (Å²) >= 11 is 1.46. The number of hydrogen-bond acceptors (Lipinski definition) is 5. The summed E-state index contributed by atoms with van der Waals surface area (Å²) < 4.78 is 4.71. The zero-order chi connectivity index (χ0) is 6.81. The summed E-state index contributed by atoms with van der Waals surface area (Å²) in [6, 6.07) is 0. The molecular formula is C5H2N3OS. The first kappa shape index (κ1) is 5.55. The van der Waals surface area contributed by atoms with E-state index in [4.69, 9.17) is 4.52 Å². The van der Waals surface area contributed by atoms with Crippen LogP contribution in [0.3, 0.4) is 0 Å². The Balaban J connectivity index is 2.48. The first-order chi connectivity index (χ1) is 4.97. The lowest BCUT2D eigenvalue weighted by Crippen LogP contribution is -1.67. The van der Waals surface area contributed by atoms with Crippen molar-refractivity contribution < 1.29 is 4.52 Å². The predicted octanol–water partition coefficient (Wildman–Crippen LogP) is 0.993. The number of hydrogen-bond donors (Lipinski definition) is 0. The normalized spacial score (nSPS) is 10.0. The van der Waals surface area contributed by atoms with Crippen LogP contribution < -0.4 is 0 Å². The van der Waals surface area contributed by atoms with Crippen LogP contribution in [0.25, 0.3) is 10.8 Å². The molecule has 0 atom stereocenters. The van der Waals surface area contributed by atoms with Gasteiger partial charge in [0.05, 0.1) is 0 Å². The molecule has 0 aliphatic heterocycles. The average Bonchev–Trinajstić information content (AvgIpc) is 2.59. The van der Waals surface area contributed by atoms with Gasteiger partial charge in [0.15, 0.2) is 11.2 Å². The molecule has 0 saturated carbocycles. The van der Waals surface area contributed by atoms with Crippen LogP contribution in [0.15, 0.2) is 16.1 Å². The van der Waals surface area contributed by atoms with Gasteiger partial charge in [-0.25, -0.2) is 4.98 Å². The first-order valence-corrected chi connectivity index (χ1v) is 3.44. The smallest absolute Gasteiger partial charge is 0.225 e. The van der Waals surface area contributed by atoms with E-state index in [1.165, 1.54) is 11.3 Å². The molecule has 0 spiro atoms. The molecule has 0 aromatic carbocycles. The number of rotatable bonds is 1. The molecule has 0 fully saturated rings. The fraction of sp³-hybridized carbons (Fsp3) is 0. The zero-order valence-electron chi connectivity index (χ0n) is 4.81. The highest BCUT2D eigenvalue weighted by atomic mass is 32.1. The standard InChI is InChI=1S/C5H2N3OS/c1-2-10-5(6-1)4-3-7-8-9-4/h1-2H. The molecule has 4 nitrogen and oxygen atoms in total. The summed E-state index contributed by atoms with van der Waals surface area (Å²) in [5, 5.41) is 9.27. The molecule has 0 amide bonds. The summed E-state index contributed by atoms with van der Waals surface area (Å²) in [6.07, 6.45) is 4.25. The summed E-state index contributed by atoms with van der Waals surface area (Å²) in [7, 11) is 0. The van der Waals surface area contributed by atoms with Gasteiger partial charge in [-0.1, -0.05) is 0 Å². The second kappa shape index (κ2) is 2.18. The van der Waals surface area contributed by atoms with E-state index in [1.807, 2.05) is 5.38 Å². The van der Waals surface area contributed by atoms with Crippen molar-refractivity contribution in [1.82, 2.24) is 15.4 Å². The number of thiazole rings is 1. The Bertz CT molecular complexity index is 256. The molecule has 1 radical (unpaired) electrons. The van der Waals surface area contributed by atoms with E-state index in [0.29, 0.717) is 5.76 Å². The zero-order valence-corrected chi connectivity index (χ0v) is 5.63. The van der Waals surface area contributed by atoms with E-state index in [9.17, 15) is 0 Å². The Hall–Kier alpha value is -1.23. The maximum atomic E-state index is 4.71. The molecule has 2 aromatic rings. The van der Waals surface area contributed by atoms with E-state index >= 15 is 0 Å². The SMILES string of the molecule is [c]1nnoc1-c1nccs1. The topological polar surface area (TPSA) is 51.8 Å². The van der Waals surface area contributed by atoms with Crippen molar-refractivity contribution in [3.8, 4) is 10.8 Å². The predicted molar refractivity (Wildman–Crippen MR) is 34.2 cm³/mol. The molecule has 2 rings (SSSR count). The Kier molecular flexibility index (Phi) is 1.21. The Morgan fingerprint density at radius 2 is 2.60 bits per heavy atom. The van der Waals surface area contributed by atoms with Crippen molar-refractivity contribution in [2.75, 3.05) is 0 Å².